The van der Waals surface area contributed by atoms with Crippen molar-refractivity contribution in [1.29, 1.82) is 0 Å². The smallest absolute Gasteiger partial charge is 0.192 e. The molecule has 7 heteroatoms. The molecule has 0 aliphatic heterocycles. The number of hydrogen-bond donors (Lipinski definition) is 1. The highest BCUT2D eigenvalue weighted by atomic mass is 32.2. The minimum atomic E-state index is -0.280. The van der Waals surface area contributed by atoms with Gasteiger partial charge in [0.15, 0.2) is 16.8 Å². The SMILES string of the molecule is CCn1c(SC(C)C(=O)c2c(C)[nH]c3ccccc23)nnc1-c1ccncc1. The molecule has 28 heavy (non-hydrogen) atoms. The van der Waals surface area contributed by atoms with Crippen molar-refractivity contribution in [1.82, 2.24) is 24.7 Å². The molecule has 1 unspecified atom stereocenters. The first-order valence-corrected chi connectivity index (χ1v) is 10.1. The lowest BCUT2D eigenvalue weighted by Crippen LogP contribution is -2.15. The first kappa shape index (κ1) is 18.4. The second-order valence-electron chi connectivity index (χ2n) is 6.58. The van der Waals surface area contributed by atoms with E-state index in [-0.39, 0.29) is 11.0 Å². The second kappa shape index (κ2) is 7.59. The van der Waals surface area contributed by atoms with E-state index in [0.717, 1.165) is 45.2 Å². The lowest BCUT2D eigenvalue weighted by molar-refractivity contribution is 0.0995. The molecule has 3 aromatic heterocycles. The van der Waals surface area contributed by atoms with Crippen LogP contribution in [0.3, 0.4) is 0 Å². The predicted molar refractivity (Wildman–Crippen MR) is 112 cm³/mol. The highest BCUT2D eigenvalue weighted by Crippen LogP contribution is 2.31. The van der Waals surface area contributed by atoms with E-state index in [1.807, 2.05) is 54.8 Å². The molecular weight excluding hydrogens is 370 g/mol. The van der Waals surface area contributed by atoms with Crippen LogP contribution in [0.25, 0.3) is 22.3 Å². The van der Waals surface area contributed by atoms with Crippen LogP contribution in [0.4, 0.5) is 0 Å². The number of ketones is 1. The molecule has 4 rings (SSSR count). The van der Waals surface area contributed by atoms with Gasteiger partial charge in [0.05, 0.1) is 5.25 Å². The highest BCUT2D eigenvalue weighted by molar-refractivity contribution is 8.00. The van der Waals surface area contributed by atoms with Crippen molar-refractivity contribution in [3.8, 4) is 11.4 Å². The Bertz CT molecular complexity index is 1130. The Hall–Kier alpha value is -2.93. The van der Waals surface area contributed by atoms with Gasteiger partial charge < -0.3 is 9.55 Å². The lowest BCUT2D eigenvalue weighted by Gasteiger charge is -2.12. The van der Waals surface area contributed by atoms with Gasteiger partial charge in [-0.2, -0.15) is 0 Å². The molecular formula is C21H21N5OS. The molecule has 4 aromatic rings. The zero-order valence-corrected chi connectivity index (χ0v) is 16.8. The predicted octanol–water partition coefficient (Wildman–Crippen LogP) is 4.51. The number of aryl methyl sites for hydroxylation is 1. The maximum absolute atomic E-state index is 13.2. The number of Topliss-reactive ketones (excluding diaryl/α,β-unsaturated/α-hetero) is 1. The summed E-state index contributed by atoms with van der Waals surface area (Å²) >= 11 is 1.44. The van der Waals surface area contributed by atoms with Crippen LogP contribution >= 0.6 is 11.8 Å². The number of carbonyl (C=O) groups is 1. The number of thioether (sulfide) groups is 1. The first-order chi connectivity index (χ1) is 13.6. The summed E-state index contributed by atoms with van der Waals surface area (Å²) in [4.78, 5) is 20.6. The standard InChI is InChI=1S/C21H21N5OS/c1-4-26-20(15-9-11-22-12-10-15)24-25-21(26)28-14(3)19(27)18-13(2)23-17-8-6-5-7-16(17)18/h5-12,14,23H,4H2,1-3H3. The van der Waals surface area contributed by atoms with Gasteiger partial charge in [0, 0.05) is 46.7 Å². The summed E-state index contributed by atoms with van der Waals surface area (Å²) in [5.74, 6) is 0.881. The van der Waals surface area contributed by atoms with Gasteiger partial charge in [-0.15, -0.1) is 10.2 Å². The van der Waals surface area contributed by atoms with Crippen molar-refractivity contribution >= 4 is 28.4 Å². The number of nitrogens with zero attached hydrogens (tertiary/aromatic N) is 4. The normalized spacial score (nSPS) is 12.4. The van der Waals surface area contributed by atoms with Gasteiger partial charge in [0.25, 0.3) is 0 Å². The van der Waals surface area contributed by atoms with E-state index in [4.69, 9.17) is 0 Å². The Morgan fingerprint density at radius 3 is 2.68 bits per heavy atom. The van der Waals surface area contributed by atoms with E-state index in [0.29, 0.717) is 0 Å². The molecule has 0 saturated carbocycles. The van der Waals surface area contributed by atoms with Gasteiger partial charge >= 0.3 is 0 Å². The van der Waals surface area contributed by atoms with E-state index >= 15 is 0 Å². The van der Waals surface area contributed by atoms with E-state index in [1.54, 1.807) is 12.4 Å². The Morgan fingerprint density at radius 2 is 1.93 bits per heavy atom. The van der Waals surface area contributed by atoms with E-state index in [1.165, 1.54) is 11.8 Å². The molecule has 0 spiro atoms. The van der Waals surface area contributed by atoms with Gasteiger partial charge in [0.2, 0.25) is 0 Å². The van der Waals surface area contributed by atoms with Gasteiger partial charge in [-0.3, -0.25) is 9.78 Å². The summed E-state index contributed by atoms with van der Waals surface area (Å²) in [6.07, 6.45) is 3.48. The fourth-order valence-electron chi connectivity index (χ4n) is 3.38. The Kier molecular flexibility index (Phi) is 5.00. The first-order valence-electron chi connectivity index (χ1n) is 9.22. The molecule has 1 N–H and O–H groups in total. The third-order valence-electron chi connectivity index (χ3n) is 4.76. The zero-order valence-electron chi connectivity index (χ0n) is 16.0. The monoisotopic (exact) mass is 391 g/mol. The van der Waals surface area contributed by atoms with Crippen LogP contribution in [0, 0.1) is 6.92 Å². The largest absolute Gasteiger partial charge is 0.358 e. The van der Waals surface area contributed by atoms with E-state index in [9.17, 15) is 4.79 Å². The van der Waals surface area contributed by atoms with Crippen LogP contribution in [0.5, 0.6) is 0 Å². The number of aromatic nitrogens is 5. The Balaban J connectivity index is 1.63. The van der Waals surface area contributed by atoms with E-state index < -0.39 is 0 Å². The lowest BCUT2D eigenvalue weighted by atomic mass is 10.1. The summed E-state index contributed by atoms with van der Waals surface area (Å²) in [5.41, 5.74) is 3.60. The van der Waals surface area contributed by atoms with Crippen LogP contribution in [0.15, 0.2) is 53.9 Å². The van der Waals surface area contributed by atoms with Crippen molar-refractivity contribution in [2.45, 2.75) is 37.7 Å². The van der Waals surface area contributed by atoms with Crippen molar-refractivity contribution in [2.24, 2.45) is 0 Å². The number of fused-ring (bicyclic) bond motifs is 1. The molecule has 1 aromatic carbocycles. The number of benzene rings is 1. The fraction of sp³-hybridized carbons (Fsp3) is 0.238. The molecule has 3 heterocycles. The average molecular weight is 392 g/mol. The van der Waals surface area contributed by atoms with Crippen LogP contribution in [0.1, 0.15) is 29.9 Å². The van der Waals surface area contributed by atoms with Gasteiger partial charge in [0.1, 0.15) is 0 Å². The summed E-state index contributed by atoms with van der Waals surface area (Å²) in [5, 5.41) is 10.1. The molecule has 0 bridgehead atoms. The highest BCUT2D eigenvalue weighted by Gasteiger charge is 2.25. The maximum Gasteiger partial charge on any atom is 0.192 e. The summed E-state index contributed by atoms with van der Waals surface area (Å²) in [6, 6.07) is 11.7. The van der Waals surface area contributed by atoms with Crippen molar-refractivity contribution in [3.05, 3.63) is 60.0 Å². The second-order valence-corrected chi connectivity index (χ2v) is 7.89. The summed E-state index contributed by atoms with van der Waals surface area (Å²) < 4.78 is 2.03. The van der Waals surface area contributed by atoms with Crippen molar-refractivity contribution in [2.75, 3.05) is 0 Å². The molecule has 0 saturated heterocycles. The number of para-hydroxylation sites is 1. The molecule has 0 radical (unpaired) electrons. The summed E-state index contributed by atoms with van der Waals surface area (Å²) in [7, 11) is 0. The topological polar surface area (TPSA) is 76.5 Å². The van der Waals surface area contributed by atoms with Crippen LogP contribution in [-0.2, 0) is 6.54 Å². The quantitative estimate of drug-likeness (QED) is 0.386. The van der Waals surface area contributed by atoms with Crippen LogP contribution in [-0.4, -0.2) is 35.8 Å². The van der Waals surface area contributed by atoms with Crippen LogP contribution in [0.2, 0.25) is 0 Å². The number of pyridine rings is 1. The molecule has 6 nitrogen and oxygen atoms in total. The fourth-order valence-corrected chi connectivity index (χ4v) is 4.36. The number of H-pyrrole nitrogens is 1. The Morgan fingerprint density at radius 1 is 1.18 bits per heavy atom. The molecule has 0 aliphatic carbocycles. The number of aromatic amines is 1. The molecule has 0 fully saturated rings. The van der Waals surface area contributed by atoms with Crippen LogP contribution < -0.4 is 0 Å². The van der Waals surface area contributed by atoms with Gasteiger partial charge in [-0.05, 0) is 39.0 Å². The van der Waals surface area contributed by atoms with Crippen molar-refractivity contribution in [3.63, 3.8) is 0 Å². The molecule has 142 valence electrons. The minimum Gasteiger partial charge on any atom is -0.358 e. The summed E-state index contributed by atoms with van der Waals surface area (Å²) in [6.45, 7) is 6.64. The number of rotatable bonds is 6. The third kappa shape index (κ3) is 3.22. The number of nitrogens with one attached hydrogen (secondary N) is 1. The molecule has 0 amide bonds. The van der Waals surface area contributed by atoms with Crippen molar-refractivity contribution < 1.29 is 4.79 Å². The van der Waals surface area contributed by atoms with Gasteiger partial charge in [-0.1, -0.05) is 30.0 Å². The third-order valence-corrected chi connectivity index (χ3v) is 5.84. The zero-order chi connectivity index (χ0) is 19.7. The molecule has 1 atom stereocenters. The number of hydrogen-bond acceptors (Lipinski definition) is 5. The Labute approximate surface area is 167 Å². The minimum absolute atomic E-state index is 0.0936. The van der Waals surface area contributed by atoms with Gasteiger partial charge in [-0.25, -0.2) is 0 Å². The average Bonchev–Trinajstić information content (AvgIpc) is 3.27. The molecule has 0 aliphatic rings. The number of carbonyl (C=O) groups excluding carboxylic acids is 1. The maximum atomic E-state index is 13.2. The van der Waals surface area contributed by atoms with E-state index in [2.05, 4.69) is 27.1 Å².